The Balaban J connectivity index is 3.19. The molecule has 0 amide bonds. The minimum absolute atomic E-state index is 0.0333. The molecule has 0 radical (unpaired) electrons. The van der Waals surface area contributed by atoms with Gasteiger partial charge in [0, 0.05) is 0 Å². The van der Waals surface area contributed by atoms with Crippen LogP contribution >= 0.6 is 0 Å². The van der Waals surface area contributed by atoms with Crippen LogP contribution in [0.15, 0.2) is 12.1 Å². The Morgan fingerprint density at radius 3 is 2.65 bits per heavy atom. The number of carbonyl (C=O) groups excluding carboxylic acids is 1. The molecule has 0 aliphatic carbocycles. The summed E-state index contributed by atoms with van der Waals surface area (Å²) in [5.41, 5.74) is 0.579. The first kappa shape index (κ1) is 13.3. The molecule has 0 bridgehead atoms. The Morgan fingerprint density at radius 1 is 1.47 bits per heavy atom. The lowest BCUT2D eigenvalue weighted by molar-refractivity contribution is -0.153. The molecular weight excluding hydrogens is 224 g/mol. The molecule has 1 aromatic carbocycles. The summed E-state index contributed by atoms with van der Waals surface area (Å²) in [6, 6.07) is 3.21. The van der Waals surface area contributed by atoms with Crippen molar-refractivity contribution in [3.05, 3.63) is 23.3 Å². The van der Waals surface area contributed by atoms with Gasteiger partial charge in [-0.15, -0.1) is 0 Å². The van der Waals surface area contributed by atoms with Gasteiger partial charge in [-0.05, 0) is 25.5 Å². The second-order valence-electron chi connectivity index (χ2n) is 3.50. The van der Waals surface area contributed by atoms with Gasteiger partial charge >= 0.3 is 5.97 Å². The van der Waals surface area contributed by atoms with Crippen LogP contribution in [0.1, 0.15) is 24.2 Å². The molecule has 0 aliphatic rings. The average Bonchev–Trinajstić information content (AvgIpc) is 2.32. The summed E-state index contributed by atoms with van der Waals surface area (Å²) >= 11 is 0. The van der Waals surface area contributed by atoms with Crippen LogP contribution in [0.3, 0.4) is 0 Å². The highest BCUT2D eigenvalue weighted by Gasteiger charge is 2.26. The number of rotatable bonds is 4. The topological polar surface area (TPSA) is 76.0 Å². The van der Waals surface area contributed by atoms with Gasteiger partial charge in [0.1, 0.15) is 11.5 Å². The lowest BCUT2D eigenvalue weighted by Gasteiger charge is -2.16. The number of aliphatic hydroxyl groups is 1. The highest BCUT2D eigenvalue weighted by atomic mass is 16.5. The molecule has 0 spiro atoms. The minimum Gasteiger partial charge on any atom is -0.507 e. The zero-order valence-electron chi connectivity index (χ0n) is 10.1. The Bertz CT molecular complexity index is 414. The van der Waals surface area contributed by atoms with Crippen molar-refractivity contribution in [2.45, 2.75) is 20.0 Å². The van der Waals surface area contributed by atoms with Crippen LogP contribution in [0.5, 0.6) is 11.5 Å². The van der Waals surface area contributed by atoms with Gasteiger partial charge in [0.2, 0.25) is 0 Å². The normalized spacial score (nSPS) is 12.0. The molecule has 2 N–H and O–H groups in total. The zero-order valence-corrected chi connectivity index (χ0v) is 10.1. The van der Waals surface area contributed by atoms with E-state index in [1.807, 2.05) is 0 Å². The second-order valence-corrected chi connectivity index (χ2v) is 3.50. The minimum atomic E-state index is -1.55. The number of methoxy groups -OCH3 is 1. The van der Waals surface area contributed by atoms with E-state index < -0.39 is 12.1 Å². The third kappa shape index (κ3) is 2.68. The highest BCUT2D eigenvalue weighted by molar-refractivity contribution is 5.78. The summed E-state index contributed by atoms with van der Waals surface area (Å²) in [4.78, 5) is 11.4. The van der Waals surface area contributed by atoms with Crippen LogP contribution in [0.25, 0.3) is 0 Å². The molecule has 0 fully saturated rings. The zero-order chi connectivity index (χ0) is 13.0. The van der Waals surface area contributed by atoms with Crippen LogP contribution in [0, 0.1) is 6.92 Å². The van der Waals surface area contributed by atoms with Crippen LogP contribution in [-0.4, -0.2) is 29.9 Å². The average molecular weight is 240 g/mol. The van der Waals surface area contributed by atoms with Crippen molar-refractivity contribution in [3.8, 4) is 11.5 Å². The summed E-state index contributed by atoms with van der Waals surface area (Å²) in [5, 5.41) is 19.7. The third-order valence-corrected chi connectivity index (χ3v) is 2.38. The van der Waals surface area contributed by atoms with Crippen LogP contribution in [0.4, 0.5) is 0 Å². The smallest absolute Gasteiger partial charge is 0.339 e. The van der Waals surface area contributed by atoms with Crippen molar-refractivity contribution in [2.24, 2.45) is 0 Å². The van der Waals surface area contributed by atoms with E-state index in [2.05, 4.69) is 0 Å². The van der Waals surface area contributed by atoms with Crippen LogP contribution in [0.2, 0.25) is 0 Å². The van der Waals surface area contributed by atoms with Gasteiger partial charge in [0.15, 0.2) is 6.10 Å². The number of phenolic OH excluding ortho intramolecular Hbond substituents is 1. The molecule has 5 heteroatoms. The fourth-order valence-corrected chi connectivity index (χ4v) is 1.48. The maximum absolute atomic E-state index is 11.4. The molecule has 5 nitrogen and oxygen atoms in total. The monoisotopic (exact) mass is 240 g/mol. The Kier molecular flexibility index (Phi) is 4.34. The van der Waals surface area contributed by atoms with Crippen LogP contribution in [-0.2, 0) is 9.53 Å². The van der Waals surface area contributed by atoms with E-state index >= 15 is 0 Å². The van der Waals surface area contributed by atoms with Crippen molar-refractivity contribution in [2.75, 3.05) is 13.7 Å². The maximum Gasteiger partial charge on any atom is 0.339 e. The number of phenols is 1. The SMILES string of the molecule is CCOC(=O)C(O)c1c(OC)ccc(C)c1O. The number of hydrogen-bond donors (Lipinski definition) is 2. The lowest BCUT2D eigenvalue weighted by atomic mass is 10.0. The number of carbonyl (C=O) groups is 1. The lowest BCUT2D eigenvalue weighted by Crippen LogP contribution is -2.16. The van der Waals surface area contributed by atoms with Crippen molar-refractivity contribution in [1.82, 2.24) is 0 Å². The van der Waals surface area contributed by atoms with E-state index in [4.69, 9.17) is 9.47 Å². The Morgan fingerprint density at radius 2 is 2.12 bits per heavy atom. The summed E-state index contributed by atoms with van der Waals surface area (Å²) in [7, 11) is 1.39. The summed E-state index contributed by atoms with van der Waals surface area (Å²) in [6.45, 7) is 3.46. The molecular formula is C12H16O5. The van der Waals surface area contributed by atoms with Crippen molar-refractivity contribution < 1.29 is 24.5 Å². The first-order valence-corrected chi connectivity index (χ1v) is 5.24. The van der Waals surface area contributed by atoms with Gasteiger partial charge in [-0.2, -0.15) is 0 Å². The molecule has 0 heterocycles. The number of hydrogen-bond acceptors (Lipinski definition) is 5. The molecule has 0 saturated heterocycles. The number of aryl methyl sites for hydroxylation is 1. The first-order valence-electron chi connectivity index (χ1n) is 5.24. The largest absolute Gasteiger partial charge is 0.507 e. The highest BCUT2D eigenvalue weighted by Crippen LogP contribution is 2.36. The maximum atomic E-state index is 11.4. The summed E-state index contributed by atoms with van der Waals surface area (Å²) in [5.74, 6) is -0.731. The quantitative estimate of drug-likeness (QED) is 0.776. The number of aliphatic hydroxyl groups excluding tert-OH is 1. The number of esters is 1. The molecule has 1 atom stereocenters. The van der Waals surface area contributed by atoms with Gasteiger partial charge < -0.3 is 19.7 Å². The van der Waals surface area contributed by atoms with Crippen molar-refractivity contribution >= 4 is 5.97 Å². The van der Waals surface area contributed by atoms with Gasteiger partial charge in [0.25, 0.3) is 0 Å². The number of benzene rings is 1. The van der Waals surface area contributed by atoms with Crippen molar-refractivity contribution in [1.29, 1.82) is 0 Å². The van der Waals surface area contributed by atoms with Gasteiger partial charge in [0.05, 0.1) is 19.3 Å². The van der Waals surface area contributed by atoms with E-state index in [9.17, 15) is 15.0 Å². The molecule has 94 valence electrons. The predicted molar refractivity (Wildman–Crippen MR) is 61.0 cm³/mol. The molecule has 17 heavy (non-hydrogen) atoms. The van der Waals surface area contributed by atoms with E-state index in [0.717, 1.165) is 0 Å². The second kappa shape index (κ2) is 5.54. The van der Waals surface area contributed by atoms with Gasteiger partial charge in [-0.25, -0.2) is 4.79 Å². The van der Waals surface area contributed by atoms with E-state index in [0.29, 0.717) is 5.56 Å². The molecule has 1 aromatic rings. The summed E-state index contributed by atoms with van der Waals surface area (Å²) < 4.78 is 9.70. The molecule has 1 rings (SSSR count). The third-order valence-electron chi connectivity index (χ3n) is 2.38. The Hall–Kier alpha value is -1.75. The fourth-order valence-electron chi connectivity index (χ4n) is 1.48. The van der Waals surface area contributed by atoms with E-state index in [1.54, 1.807) is 26.0 Å². The molecule has 0 aliphatic heterocycles. The summed E-state index contributed by atoms with van der Waals surface area (Å²) in [6.07, 6.45) is -1.55. The molecule has 0 saturated carbocycles. The van der Waals surface area contributed by atoms with E-state index in [-0.39, 0.29) is 23.7 Å². The standard InChI is InChI=1S/C12H16O5/c1-4-17-12(15)11(14)9-8(16-3)6-5-7(2)10(9)13/h5-6,11,13-14H,4H2,1-3H3. The fraction of sp³-hybridized carbons (Fsp3) is 0.417. The van der Waals surface area contributed by atoms with Crippen LogP contribution < -0.4 is 4.74 Å². The van der Waals surface area contributed by atoms with Gasteiger partial charge in [-0.1, -0.05) is 6.07 Å². The molecule has 1 unspecified atom stereocenters. The Labute approximate surface area is 99.6 Å². The first-order chi connectivity index (χ1) is 8.02. The number of ether oxygens (including phenoxy) is 2. The van der Waals surface area contributed by atoms with Crippen molar-refractivity contribution in [3.63, 3.8) is 0 Å². The van der Waals surface area contributed by atoms with E-state index in [1.165, 1.54) is 7.11 Å². The molecule has 0 aromatic heterocycles. The number of aromatic hydroxyl groups is 1. The van der Waals surface area contributed by atoms with Gasteiger partial charge in [-0.3, -0.25) is 0 Å². The predicted octanol–water partition coefficient (Wildman–Crippen LogP) is 1.31.